The average molecular weight is 431 g/mol. The fourth-order valence-corrected chi connectivity index (χ4v) is 2.50. The number of alkyl halides is 2. The highest BCUT2D eigenvalue weighted by Gasteiger charge is 2.22. The molecule has 0 heterocycles. The molecule has 23 heavy (non-hydrogen) atoms. The molecule has 0 aliphatic rings. The van der Waals surface area contributed by atoms with E-state index in [4.69, 9.17) is 4.74 Å². The Labute approximate surface area is 147 Å². The zero-order valence-electron chi connectivity index (χ0n) is 12.5. The number of nitrogens with one attached hydrogen (secondary N) is 1. The van der Waals surface area contributed by atoms with Crippen molar-refractivity contribution in [2.45, 2.75) is 19.5 Å². The predicted octanol–water partition coefficient (Wildman–Crippen LogP) is 4.26. The largest absolute Gasteiger partial charge is 0.488 e. The Morgan fingerprint density at radius 1 is 1.22 bits per heavy atom. The van der Waals surface area contributed by atoms with E-state index >= 15 is 0 Å². The van der Waals surface area contributed by atoms with Gasteiger partial charge in [-0.1, -0.05) is 30.3 Å². The van der Waals surface area contributed by atoms with E-state index in [-0.39, 0.29) is 0 Å². The molecule has 6 heteroatoms. The monoisotopic (exact) mass is 431 g/mol. The summed E-state index contributed by atoms with van der Waals surface area (Å²) in [7, 11) is 0. The minimum atomic E-state index is -2.93. The number of amides is 1. The van der Waals surface area contributed by atoms with Gasteiger partial charge >= 0.3 is 0 Å². The van der Waals surface area contributed by atoms with Crippen LogP contribution < -0.4 is 10.1 Å². The number of carbonyl (C=O) groups excluding carboxylic acids is 1. The van der Waals surface area contributed by atoms with E-state index < -0.39 is 18.4 Å². The summed E-state index contributed by atoms with van der Waals surface area (Å²) in [4.78, 5) is 11.8. The first-order valence-electron chi connectivity index (χ1n) is 6.97. The molecule has 0 saturated carbocycles. The summed E-state index contributed by atoms with van der Waals surface area (Å²) in [5.41, 5.74) is 1.36. The predicted molar refractivity (Wildman–Crippen MR) is 92.9 cm³/mol. The summed E-state index contributed by atoms with van der Waals surface area (Å²) in [5.74, 6) is -2.81. The Morgan fingerprint density at radius 3 is 2.52 bits per heavy atom. The van der Waals surface area contributed by atoms with Crippen LogP contribution in [0.3, 0.4) is 0 Å². The van der Waals surface area contributed by atoms with E-state index in [1.54, 1.807) is 18.2 Å². The molecule has 0 aromatic heterocycles. The van der Waals surface area contributed by atoms with E-state index in [1.165, 1.54) is 0 Å². The lowest BCUT2D eigenvalue weighted by Gasteiger charge is -2.12. The van der Waals surface area contributed by atoms with Crippen molar-refractivity contribution in [1.29, 1.82) is 0 Å². The third-order valence-corrected chi connectivity index (χ3v) is 3.83. The standard InChI is InChI=1S/C17H16F2INO2/c1-17(18,19)11-21-16(22)13-7-8-15(14(20)9-13)23-10-12-5-3-2-4-6-12/h2-9H,10-11H2,1H3,(H,21,22). The van der Waals surface area contributed by atoms with Crippen LogP contribution in [0.15, 0.2) is 48.5 Å². The summed E-state index contributed by atoms with van der Waals surface area (Å²) in [5, 5.41) is 2.21. The topological polar surface area (TPSA) is 38.3 Å². The molecule has 0 unspecified atom stereocenters. The number of ether oxygens (including phenoxy) is 1. The minimum absolute atomic E-state index is 0.325. The zero-order chi connectivity index (χ0) is 16.9. The van der Waals surface area contributed by atoms with Gasteiger partial charge in [0.05, 0.1) is 10.1 Å². The number of hydrogen-bond acceptors (Lipinski definition) is 2. The van der Waals surface area contributed by atoms with Crippen LogP contribution in [0.4, 0.5) is 8.78 Å². The SMILES string of the molecule is CC(F)(F)CNC(=O)c1ccc(OCc2ccccc2)c(I)c1. The molecule has 3 nitrogen and oxygen atoms in total. The quantitative estimate of drug-likeness (QED) is 0.695. The first kappa shape index (κ1) is 17.7. The van der Waals surface area contributed by atoms with E-state index in [9.17, 15) is 13.6 Å². The summed E-state index contributed by atoms with van der Waals surface area (Å²) < 4.78 is 32.0. The van der Waals surface area contributed by atoms with Crippen LogP contribution in [0.1, 0.15) is 22.8 Å². The van der Waals surface area contributed by atoms with E-state index in [0.717, 1.165) is 16.1 Å². The lowest BCUT2D eigenvalue weighted by Crippen LogP contribution is -2.34. The second-order valence-corrected chi connectivity index (χ2v) is 6.33. The van der Waals surface area contributed by atoms with Gasteiger partial charge in [0.25, 0.3) is 11.8 Å². The lowest BCUT2D eigenvalue weighted by molar-refractivity contribution is 0.0221. The molecular formula is C17H16F2INO2. The number of benzene rings is 2. The molecule has 0 spiro atoms. The van der Waals surface area contributed by atoms with Crippen molar-refractivity contribution in [3.63, 3.8) is 0 Å². The highest BCUT2D eigenvalue weighted by molar-refractivity contribution is 14.1. The van der Waals surface area contributed by atoms with Crippen LogP contribution in [-0.4, -0.2) is 18.4 Å². The van der Waals surface area contributed by atoms with Crippen molar-refractivity contribution in [3.05, 3.63) is 63.2 Å². The van der Waals surface area contributed by atoms with Crippen LogP contribution in [0.25, 0.3) is 0 Å². The smallest absolute Gasteiger partial charge is 0.262 e. The molecule has 0 fully saturated rings. The van der Waals surface area contributed by atoms with Gasteiger partial charge in [0.2, 0.25) is 0 Å². The second kappa shape index (κ2) is 7.72. The molecule has 0 radical (unpaired) electrons. The van der Waals surface area contributed by atoms with Gasteiger partial charge in [-0.25, -0.2) is 8.78 Å². The maximum atomic E-state index is 12.8. The average Bonchev–Trinajstić information content (AvgIpc) is 2.51. The fourth-order valence-electron chi connectivity index (χ4n) is 1.83. The van der Waals surface area contributed by atoms with Crippen molar-refractivity contribution in [3.8, 4) is 5.75 Å². The van der Waals surface area contributed by atoms with Gasteiger partial charge in [-0.05, 0) is 46.4 Å². The van der Waals surface area contributed by atoms with Gasteiger partial charge in [-0.2, -0.15) is 0 Å². The molecule has 2 aromatic rings. The van der Waals surface area contributed by atoms with Crippen molar-refractivity contribution in [1.82, 2.24) is 5.32 Å². The number of halogens is 3. The van der Waals surface area contributed by atoms with Gasteiger partial charge in [0.1, 0.15) is 12.4 Å². The van der Waals surface area contributed by atoms with Crippen molar-refractivity contribution < 1.29 is 18.3 Å². The zero-order valence-corrected chi connectivity index (χ0v) is 14.6. The Balaban J connectivity index is 1.98. The van der Waals surface area contributed by atoms with E-state index in [1.807, 2.05) is 30.3 Å². The highest BCUT2D eigenvalue weighted by Crippen LogP contribution is 2.23. The molecule has 0 bridgehead atoms. The molecule has 0 aliphatic carbocycles. The Hall–Kier alpha value is -1.70. The Kier molecular flexibility index (Phi) is 5.92. The highest BCUT2D eigenvalue weighted by atomic mass is 127. The van der Waals surface area contributed by atoms with Gasteiger partial charge in [0, 0.05) is 12.5 Å². The minimum Gasteiger partial charge on any atom is -0.488 e. The van der Waals surface area contributed by atoms with Crippen molar-refractivity contribution in [2.24, 2.45) is 0 Å². The fraction of sp³-hybridized carbons (Fsp3) is 0.235. The molecular weight excluding hydrogens is 415 g/mol. The molecule has 122 valence electrons. The molecule has 2 rings (SSSR count). The Bertz CT molecular complexity index is 672. The van der Waals surface area contributed by atoms with E-state index in [2.05, 4.69) is 27.9 Å². The number of carbonyl (C=O) groups is 1. The second-order valence-electron chi connectivity index (χ2n) is 5.17. The van der Waals surface area contributed by atoms with Crippen molar-refractivity contribution >= 4 is 28.5 Å². The van der Waals surface area contributed by atoms with Crippen LogP contribution >= 0.6 is 22.6 Å². The maximum absolute atomic E-state index is 12.8. The normalized spacial score (nSPS) is 11.1. The number of rotatable bonds is 6. The van der Waals surface area contributed by atoms with Gasteiger partial charge in [-0.15, -0.1) is 0 Å². The third-order valence-electron chi connectivity index (χ3n) is 2.99. The van der Waals surface area contributed by atoms with E-state index in [0.29, 0.717) is 17.9 Å². The Morgan fingerprint density at radius 2 is 1.91 bits per heavy atom. The molecule has 0 saturated heterocycles. The van der Waals surface area contributed by atoms with Crippen LogP contribution in [-0.2, 0) is 6.61 Å². The first-order chi connectivity index (χ1) is 10.8. The van der Waals surface area contributed by atoms with Crippen LogP contribution in [0.2, 0.25) is 0 Å². The van der Waals surface area contributed by atoms with Crippen molar-refractivity contribution in [2.75, 3.05) is 6.54 Å². The van der Waals surface area contributed by atoms with Crippen LogP contribution in [0.5, 0.6) is 5.75 Å². The summed E-state index contributed by atoms with van der Waals surface area (Å²) >= 11 is 2.05. The van der Waals surface area contributed by atoms with Gasteiger partial charge in [0.15, 0.2) is 0 Å². The lowest BCUT2D eigenvalue weighted by atomic mass is 10.2. The molecule has 0 atom stereocenters. The summed E-state index contributed by atoms with van der Waals surface area (Å²) in [6.07, 6.45) is 0. The molecule has 0 aliphatic heterocycles. The maximum Gasteiger partial charge on any atom is 0.262 e. The van der Waals surface area contributed by atoms with Gasteiger partial charge in [-0.3, -0.25) is 4.79 Å². The molecule has 1 amide bonds. The number of hydrogen-bond donors (Lipinski definition) is 1. The first-order valence-corrected chi connectivity index (χ1v) is 8.05. The molecule has 1 N–H and O–H groups in total. The third kappa shape index (κ3) is 5.78. The van der Waals surface area contributed by atoms with Crippen LogP contribution in [0, 0.1) is 3.57 Å². The van der Waals surface area contributed by atoms with Gasteiger partial charge < -0.3 is 10.1 Å². The summed E-state index contributed by atoms with van der Waals surface area (Å²) in [6, 6.07) is 14.6. The molecule has 2 aromatic carbocycles. The summed E-state index contributed by atoms with van der Waals surface area (Å²) in [6.45, 7) is 0.497.